The third-order valence-corrected chi connectivity index (χ3v) is 4.76. The third kappa shape index (κ3) is 5.29. The van der Waals surface area contributed by atoms with E-state index in [2.05, 4.69) is 31.9 Å². The van der Waals surface area contributed by atoms with Gasteiger partial charge in [0.05, 0.1) is 12.0 Å². The van der Waals surface area contributed by atoms with Crippen LogP contribution in [0.3, 0.4) is 0 Å². The van der Waals surface area contributed by atoms with Crippen molar-refractivity contribution in [3.8, 4) is 0 Å². The second-order valence-electron chi connectivity index (χ2n) is 6.02. The van der Waals surface area contributed by atoms with Gasteiger partial charge in [0.1, 0.15) is 0 Å². The number of rotatable bonds is 7. The molecule has 1 aromatic rings. The third-order valence-electron chi connectivity index (χ3n) is 4.23. The minimum Gasteiger partial charge on any atom is -0.384 e. The summed E-state index contributed by atoms with van der Waals surface area (Å²) in [6.45, 7) is 2.34. The summed E-state index contributed by atoms with van der Waals surface area (Å²) in [4.78, 5) is 24.5. The second-order valence-corrected chi connectivity index (χ2v) is 6.94. The van der Waals surface area contributed by atoms with Crippen molar-refractivity contribution < 1.29 is 14.3 Å². The maximum Gasteiger partial charge on any atom is 0.228 e. The van der Waals surface area contributed by atoms with Gasteiger partial charge in [0.2, 0.25) is 11.8 Å². The summed E-state index contributed by atoms with van der Waals surface area (Å²) in [5, 5.41) is 8.96. The Morgan fingerprint density at radius 1 is 1.25 bits per heavy atom. The van der Waals surface area contributed by atoms with Gasteiger partial charge in [0, 0.05) is 30.2 Å². The Labute approximate surface area is 150 Å². The zero-order valence-corrected chi connectivity index (χ0v) is 15.4. The van der Waals surface area contributed by atoms with Crippen molar-refractivity contribution >= 4 is 33.4 Å². The summed E-state index contributed by atoms with van der Waals surface area (Å²) >= 11 is 3.35. The molecule has 1 fully saturated rings. The van der Waals surface area contributed by atoms with Crippen LogP contribution >= 0.6 is 15.9 Å². The van der Waals surface area contributed by atoms with Gasteiger partial charge in [0.25, 0.3) is 0 Å². The predicted octanol–water partition coefficient (Wildman–Crippen LogP) is 1.91. The molecule has 7 heteroatoms. The van der Waals surface area contributed by atoms with Crippen molar-refractivity contribution in [1.82, 2.24) is 10.6 Å². The predicted molar refractivity (Wildman–Crippen MR) is 96.8 cm³/mol. The summed E-state index contributed by atoms with van der Waals surface area (Å²) in [6, 6.07) is 7.37. The zero-order valence-electron chi connectivity index (χ0n) is 13.9. The van der Waals surface area contributed by atoms with Crippen molar-refractivity contribution in [1.29, 1.82) is 0 Å². The minimum absolute atomic E-state index is 0.0257. The molecule has 1 aliphatic rings. The highest BCUT2D eigenvalue weighted by Crippen LogP contribution is 2.29. The fourth-order valence-corrected chi connectivity index (χ4v) is 3.12. The van der Waals surface area contributed by atoms with E-state index in [-0.39, 0.29) is 18.2 Å². The van der Waals surface area contributed by atoms with Gasteiger partial charge in [0.15, 0.2) is 0 Å². The number of amides is 2. The number of carbonyl (C=O) groups excluding carboxylic acids is 2. The molecule has 6 nitrogen and oxygen atoms in total. The Kier molecular flexibility index (Phi) is 7.20. The lowest BCUT2D eigenvalue weighted by Gasteiger charge is -2.35. The van der Waals surface area contributed by atoms with Crippen LogP contribution in [0.2, 0.25) is 0 Å². The van der Waals surface area contributed by atoms with Gasteiger partial charge in [-0.2, -0.15) is 0 Å². The van der Waals surface area contributed by atoms with Crippen molar-refractivity contribution in [3.05, 3.63) is 28.7 Å². The molecule has 0 aromatic heterocycles. The van der Waals surface area contributed by atoms with Crippen LogP contribution in [0, 0.1) is 5.41 Å². The monoisotopic (exact) mass is 397 g/mol. The van der Waals surface area contributed by atoms with E-state index in [9.17, 15) is 9.59 Å². The SMILES string of the molecule is COCC1(C(=O)NCCC(=O)Nc2ccc(Br)cc2)CCNCC1. The number of anilines is 1. The van der Waals surface area contributed by atoms with Gasteiger partial charge in [-0.25, -0.2) is 0 Å². The van der Waals surface area contributed by atoms with Crippen LogP contribution in [0.1, 0.15) is 19.3 Å². The number of methoxy groups -OCH3 is 1. The van der Waals surface area contributed by atoms with Gasteiger partial charge < -0.3 is 20.7 Å². The molecule has 0 bridgehead atoms. The Morgan fingerprint density at radius 3 is 2.54 bits per heavy atom. The molecule has 1 heterocycles. The number of ether oxygens (including phenoxy) is 1. The first-order valence-electron chi connectivity index (χ1n) is 8.09. The van der Waals surface area contributed by atoms with Crippen LogP contribution in [0.4, 0.5) is 5.69 Å². The lowest BCUT2D eigenvalue weighted by atomic mass is 9.78. The summed E-state index contributed by atoms with van der Waals surface area (Å²) in [6.07, 6.45) is 1.73. The molecule has 0 saturated carbocycles. The van der Waals surface area contributed by atoms with Gasteiger partial charge in [-0.05, 0) is 50.2 Å². The molecular weight excluding hydrogens is 374 g/mol. The average molecular weight is 398 g/mol. The molecule has 1 saturated heterocycles. The fraction of sp³-hybridized carbons (Fsp3) is 0.529. The molecule has 0 atom stereocenters. The molecule has 3 N–H and O–H groups in total. The highest BCUT2D eigenvalue weighted by molar-refractivity contribution is 9.10. The number of benzene rings is 1. The topological polar surface area (TPSA) is 79.5 Å². The standard InChI is InChI=1S/C17H24BrN3O3/c1-24-12-17(7-10-19-11-8-17)16(23)20-9-6-15(22)21-14-4-2-13(18)3-5-14/h2-5,19H,6-12H2,1H3,(H,20,23)(H,21,22). The number of carbonyl (C=O) groups is 2. The highest BCUT2D eigenvalue weighted by Gasteiger charge is 2.39. The molecule has 2 rings (SSSR count). The number of hydrogen-bond acceptors (Lipinski definition) is 4. The van der Waals surface area contributed by atoms with E-state index in [1.165, 1.54) is 0 Å². The van der Waals surface area contributed by atoms with Gasteiger partial charge in [-0.3, -0.25) is 9.59 Å². The Balaban J connectivity index is 1.78. The number of piperidine rings is 1. The first-order valence-corrected chi connectivity index (χ1v) is 8.88. The largest absolute Gasteiger partial charge is 0.384 e. The summed E-state index contributed by atoms with van der Waals surface area (Å²) in [7, 11) is 1.61. The maximum absolute atomic E-state index is 12.5. The molecule has 0 radical (unpaired) electrons. The normalized spacial score (nSPS) is 16.4. The molecule has 0 spiro atoms. The van der Waals surface area contributed by atoms with E-state index < -0.39 is 5.41 Å². The minimum atomic E-state index is -0.484. The highest BCUT2D eigenvalue weighted by atomic mass is 79.9. The molecule has 0 aliphatic carbocycles. The van der Waals surface area contributed by atoms with Crippen LogP contribution < -0.4 is 16.0 Å². The van der Waals surface area contributed by atoms with Crippen molar-refractivity contribution in [2.75, 3.05) is 38.7 Å². The molecular formula is C17H24BrN3O3. The molecule has 2 amide bonds. The molecule has 0 unspecified atom stereocenters. The van der Waals surface area contributed by atoms with Crippen molar-refractivity contribution in [2.24, 2.45) is 5.41 Å². The number of hydrogen-bond donors (Lipinski definition) is 3. The molecule has 132 valence electrons. The van der Waals surface area contributed by atoms with E-state index in [1.807, 2.05) is 24.3 Å². The van der Waals surface area contributed by atoms with Crippen molar-refractivity contribution in [2.45, 2.75) is 19.3 Å². The first kappa shape index (κ1) is 18.9. The Morgan fingerprint density at radius 2 is 1.92 bits per heavy atom. The first-order chi connectivity index (χ1) is 11.6. The van der Waals surface area contributed by atoms with E-state index in [0.29, 0.717) is 13.2 Å². The van der Waals surface area contributed by atoms with Crippen LogP contribution in [-0.4, -0.2) is 45.2 Å². The summed E-state index contributed by atoms with van der Waals surface area (Å²) in [5.41, 5.74) is 0.256. The lowest BCUT2D eigenvalue weighted by molar-refractivity contribution is -0.136. The Bertz CT molecular complexity index is 551. The van der Waals surface area contributed by atoms with E-state index >= 15 is 0 Å². The average Bonchev–Trinajstić information content (AvgIpc) is 2.58. The van der Waals surface area contributed by atoms with Gasteiger partial charge in [-0.15, -0.1) is 0 Å². The molecule has 1 aliphatic heterocycles. The van der Waals surface area contributed by atoms with Crippen molar-refractivity contribution in [3.63, 3.8) is 0 Å². The van der Waals surface area contributed by atoms with Crippen LogP contribution in [0.15, 0.2) is 28.7 Å². The number of halogens is 1. The van der Waals surface area contributed by atoms with Crippen LogP contribution in [-0.2, 0) is 14.3 Å². The zero-order chi connectivity index (χ0) is 17.4. The van der Waals surface area contributed by atoms with E-state index in [4.69, 9.17) is 4.74 Å². The number of nitrogens with one attached hydrogen (secondary N) is 3. The Hall–Kier alpha value is -1.44. The van der Waals surface area contributed by atoms with E-state index in [0.717, 1.165) is 36.1 Å². The molecule has 1 aromatic carbocycles. The van der Waals surface area contributed by atoms with Gasteiger partial charge >= 0.3 is 0 Å². The fourth-order valence-electron chi connectivity index (χ4n) is 2.85. The van der Waals surface area contributed by atoms with Crippen LogP contribution in [0.25, 0.3) is 0 Å². The lowest BCUT2D eigenvalue weighted by Crippen LogP contribution is -2.50. The summed E-state index contributed by atoms with van der Waals surface area (Å²) in [5.74, 6) is -0.147. The van der Waals surface area contributed by atoms with Crippen LogP contribution in [0.5, 0.6) is 0 Å². The van der Waals surface area contributed by atoms with Gasteiger partial charge in [-0.1, -0.05) is 15.9 Å². The smallest absolute Gasteiger partial charge is 0.228 e. The maximum atomic E-state index is 12.5. The molecule has 24 heavy (non-hydrogen) atoms. The quantitative estimate of drug-likeness (QED) is 0.656. The van der Waals surface area contributed by atoms with E-state index in [1.54, 1.807) is 7.11 Å². The second kappa shape index (κ2) is 9.15. The summed E-state index contributed by atoms with van der Waals surface area (Å²) < 4.78 is 6.21.